The molecule has 7 nitrogen and oxygen atoms in total. The summed E-state index contributed by atoms with van der Waals surface area (Å²) >= 11 is 0. The van der Waals surface area contributed by atoms with Gasteiger partial charge < -0.3 is 9.73 Å². The van der Waals surface area contributed by atoms with Gasteiger partial charge in [-0.1, -0.05) is 0 Å². The zero-order chi connectivity index (χ0) is 16.3. The topological polar surface area (TPSA) is 101 Å². The first-order chi connectivity index (χ1) is 10.3. The van der Waals surface area contributed by atoms with Gasteiger partial charge in [-0.05, 0) is 38.1 Å². The molecule has 0 unspecified atom stereocenters. The standard InChI is InChI=1S/C14H17N3O4S/c1-9-10(2)21-14(16-9)8-15-22(19,20)13-6-4-12(5-7-13)17-11(3)18/h4-7,15H,8H2,1-3H3,(H,17,18). The van der Waals surface area contributed by atoms with Gasteiger partial charge in [0.05, 0.1) is 17.1 Å². The fourth-order valence-corrected chi connectivity index (χ4v) is 2.75. The first kappa shape index (κ1) is 16.2. The Hall–Kier alpha value is -2.19. The maximum absolute atomic E-state index is 12.2. The average molecular weight is 323 g/mol. The van der Waals surface area contributed by atoms with Crippen LogP contribution in [0.3, 0.4) is 0 Å². The quantitative estimate of drug-likeness (QED) is 0.872. The summed E-state index contributed by atoms with van der Waals surface area (Å²) < 4.78 is 32.1. The molecule has 0 radical (unpaired) electrons. The Labute approximate surface area is 128 Å². The number of oxazole rings is 1. The highest BCUT2D eigenvalue weighted by Gasteiger charge is 2.15. The van der Waals surface area contributed by atoms with Crippen LogP contribution in [0.1, 0.15) is 24.3 Å². The third kappa shape index (κ3) is 3.92. The third-order valence-corrected chi connectivity index (χ3v) is 4.39. The van der Waals surface area contributed by atoms with E-state index in [0.717, 1.165) is 5.69 Å². The Kier molecular flexibility index (Phi) is 4.62. The zero-order valence-corrected chi connectivity index (χ0v) is 13.3. The van der Waals surface area contributed by atoms with Gasteiger partial charge in [-0.3, -0.25) is 4.79 Å². The second kappa shape index (κ2) is 6.29. The normalized spacial score (nSPS) is 11.4. The summed E-state index contributed by atoms with van der Waals surface area (Å²) in [5.41, 5.74) is 1.26. The minimum absolute atomic E-state index is 0.0234. The zero-order valence-electron chi connectivity index (χ0n) is 12.5. The first-order valence-corrected chi connectivity index (χ1v) is 8.06. The van der Waals surface area contributed by atoms with E-state index >= 15 is 0 Å². The molecule has 1 amide bonds. The lowest BCUT2D eigenvalue weighted by Crippen LogP contribution is -2.23. The molecule has 0 atom stereocenters. The molecule has 1 aromatic carbocycles. The number of nitrogens with zero attached hydrogens (tertiary/aromatic N) is 1. The molecule has 0 aliphatic rings. The predicted molar refractivity (Wildman–Crippen MR) is 80.7 cm³/mol. The fraction of sp³-hybridized carbons (Fsp3) is 0.286. The largest absolute Gasteiger partial charge is 0.444 e. The van der Waals surface area contributed by atoms with Crippen LogP contribution in [0.5, 0.6) is 0 Å². The molecule has 1 aromatic heterocycles. The van der Waals surface area contributed by atoms with E-state index in [-0.39, 0.29) is 17.3 Å². The number of hydrogen-bond acceptors (Lipinski definition) is 5. The van der Waals surface area contributed by atoms with Crippen LogP contribution in [0, 0.1) is 13.8 Å². The molecule has 0 fully saturated rings. The van der Waals surface area contributed by atoms with E-state index in [1.165, 1.54) is 31.2 Å². The molecule has 8 heteroatoms. The Morgan fingerprint density at radius 1 is 1.23 bits per heavy atom. The lowest BCUT2D eigenvalue weighted by Gasteiger charge is -2.06. The monoisotopic (exact) mass is 323 g/mol. The van der Waals surface area contributed by atoms with Crippen molar-refractivity contribution in [1.82, 2.24) is 9.71 Å². The van der Waals surface area contributed by atoms with Gasteiger partial charge in [0.1, 0.15) is 5.76 Å². The lowest BCUT2D eigenvalue weighted by atomic mass is 10.3. The van der Waals surface area contributed by atoms with Crippen molar-refractivity contribution in [3.63, 3.8) is 0 Å². The van der Waals surface area contributed by atoms with Crippen LogP contribution in [0.25, 0.3) is 0 Å². The second-order valence-corrected chi connectivity index (χ2v) is 6.55. The number of carbonyl (C=O) groups excluding carboxylic acids is 1. The molecule has 22 heavy (non-hydrogen) atoms. The van der Waals surface area contributed by atoms with Crippen LogP contribution in [-0.2, 0) is 21.4 Å². The van der Waals surface area contributed by atoms with Crippen molar-refractivity contribution in [1.29, 1.82) is 0 Å². The highest BCUT2D eigenvalue weighted by molar-refractivity contribution is 7.89. The number of amides is 1. The van der Waals surface area contributed by atoms with Crippen molar-refractivity contribution >= 4 is 21.6 Å². The minimum atomic E-state index is -3.67. The SMILES string of the molecule is CC(=O)Nc1ccc(S(=O)(=O)NCc2nc(C)c(C)o2)cc1. The number of sulfonamides is 1. The van der Waals surface area contributed by atoms with E-state index < -0.39 is 10.0 Å². The summed E-state index contributed by atoms with van der Waals surface area (Å²) in [5, 5.41) is 2.57. The van der Waals surface area contributed by atoms with Crippen LogP contribution < -0.4 is 10.0 Å². The van der Waals surface area contributed by atoms with Gasteiger partial charge in [0.25, 0.3) is 0 Å². The third-order valence-electron chi connectivity index (χ3n) is 2.97. The first-order valence-electron chi connectivity index (χ1n) is 6.58. The number of nitrogens with one attached hydrogen (secondary N) is 2. The molecule has 0 aliphatic heterocycles. The molecule has 2 rings (SSSR count). The van der Waals surface area contributed by atoms with E-state index in [1.807, 2.05) is 0 Å². The average Bonchev–Trinajstić information content (AvgIpc) is 2.76. The van der Waals surface area contributed by atoms with Gasteiger partial charge in [0.2, 0.25) is 21.8 Å². The van der Waals surface area contributed by atoms with Crippen LogP contribution >= 0.6 is 0 Å². The smallest absolute Gasteiger partial charge is 0.241 e. The van der Waals surface area contributed by atoms with Crippen LogP contribution in [0.15, 0.2) is 33.6 Å². The summed E-state index contributed by atoms with van der Waals surface area (Å²) in [6.45, 7) is 4.91. The number of benzene rings is 1. The minimum Gasteiger partial charge on any atom is -0.444 e. The van der Waals surface area contributed by atoms with Crippen molar-refractivity contribution in [2.45, 2.75) is 32.2 Å². The van der Waals surface area contributed by atoms with Gasteiger partial charge in [-0.25, -0.2) is 18.1 Å². The number of hydrogen-bond donors (Lipinski definition) is 2. The van der Waals surface area contributed by atoms with E-state index in [9.17, 15) is 13.2 Å². The maximum Gasteiger partial charge on any atom is 0.241 e. The summed E-state index contributed by atoms with van der Waals surface area (Å²) in [6.07, 6.45) is 0. The number of rotatable bonds is 5. The molecular weight excluding hydrogens is 306 g/mol. The predicted octanol–water partition coefficient (Wildman–Crippen LogP) is 1.73. The number of anilines is 1. The highest BCUT2D eigenvalue weighted by Crippen LogP contribution is 2.15. The van der Waals surface area contributed by atoms with Crippen molar-refractivity contribution in [2.75, 3.05) is 5.32 Å². The number of aromatic nitrogens is 1. The van der Waals surface area contributed by atoms with Gasteiger partial charge >= 0.3 is 0 Å². The summed E-state index contributed by atoms with van der Waals surface area (Å²) in [7, 11) is -3.67. The molecule has 118 valence electrons. The van der Waals surface area contributed by atoms with E-state index in [4.69, 9.17) is 4.42 Å². The lowest BCUT2D eigenvalue weighted by molar-refractivity contribution is -0.114. The van der Waals surface area contributed by atoms with Gasteiger partial charge in [0, 0.05) is 12.6 Å². The van der Waals surface area contributed by atoms with E-state index in [0.29, 0.717) is 17.3 Å². The molecule has 0 spiro atoms. The molecule has 0 saturated heterocycles. The fourth-order valence-electron chi connectivity index (χ4n) is 1.78. The summed E-state index contributed by atoms with van der Waals surface area (Å²) in [4.78, 5) is 15.1. The van der Waals surface area contributed by atoms with E-state index in [1.54, 1.807) is 13.8 Å². The Morgan fingerprint density at radius 3 is 2.36 bits per heavy atom. The molecule has 2 aromatic rings. The molecule has 2 N–H and O–H groups in total. The van der Waals surface area contributed by atoms with Crippen molar-refractivity contribution in [3.05, 3.63) is 41.6 Å². The van der Waals surface area contributed by atoms with Crippen molar-refractivity contribution in [2.24, 2.45) is 0 Å². The van der Waals surface area contributed by atoms with E-state index in [2.05, 4.69) is 15.0 Å². The van der Waals surface area contributed by atoms with Crippen molar-refractivity contribution < 1.29 is 17.6 Å². The molecule has 0 bridgehead atoms. The van der Waals surface area contributed by atoms with Gasteiger partial charge in [-0.2, -0.15) is 0 Å². The summed E-state index contributed by atoms with van der Waals surface area (Å²) in [5.74, 6) is 0.755. The Bertz CT molecular complexity index is 759. The number of carbonyl (C=O) groups is 1. The Balaban J connectivity index is 2.07. The number of aryl methyl sites for hydroxylation is 2. The van der Waals surface area contributed by atoms with Crippen molar-refractivity contribution in [3.8, 4) is 0 Å². The van der Waals surface area contributed by atoms with Crippen LogP contribution in [-0.4, -0.2) is 19.3 Å². The van der Waals surface area contributed by atoms with Gasteiger partial charge in [0.15, 0.2) is 0 Å². The summed E-state index contributed by atoms with van der Waals surface area (Å²) in [6, 6.07) is 5.88. The highest BCUT2D eigenvalue weighted by atomic mass is 32.2. The van der Waals surface area contributed by atoms with Gasteiger partial charge in [-0.15, -0.1) is 0 Å². The molecular formula is C14H17N3O4S. The van der Waals surface area contributed by atoms with Crippen LogP contribution in [0.4, 0.5) is 5.69 Å². The molecule has 0 saturated carbocycles. The molecule has 1 heterocycles. The second-order valence-electron chi connectivity index (χ2n) is 4.78. The maximum atomic E-state index is 12.2. The molecule has 0 aliphatic carbocycles. The van der Waals surface area contributed by atoms with Crippen LogP contribution in [0.2, 0.25) is 0 Å². The Morgan fingerprint density at radius 2 is 1.86 bits per heavy atom.